The SMILES string of the molecule is COCc1cnc(N2CCC(c3nc4c(c(C5CCC(F)(F)CC5)c3C(F)c3ccc(C)cc3)C(O)CC(C)(C)C4)CC2)nc1. The van der Waals surface area contributed by atoms with Crippen LogP contribution in [0.2, 0.25) is 0 Å². The van der Waals surface area contributed by atoms with Gasteiger partial charge in [-0.3, -0.25) is 4.98 Å². The Morgan fingerprint density at radius 1 is 0.978 bits per heavy atom. The van der Waals surface area contributed by atoms with E-state index in [9.17, 15) is 13.9 Å². The van der Waals surface area contributed by atoms with Gasteiger partial charge in [0.15, 0.2) is 6.17 Å². The van der Waals surface area contributed by atoms with Gasteiger partial charge in [0, 0.05) is 73.7 Å². The smallest absolute Gasteiger partial charge is 0.248 e. The van der Waals surface area contributed by atoms with Crippen molar-refractivity contribution in [1.82, 2.24) is 15.0 Å². The number of piperidine rings is 1. The summed E-state index contributed by atoms with van der Waals surface area (Å²) in [6, 6.07) is 7.44. The summed E-state index contributed by atoms with van der Waals surface area (Å²) >= 11 is 0. The molecule has 0 spiro atoms. The average Bonchev–Trinajstić information content (AvgIpc) is 3.00. The van der Waals surface area contributed by atoms with Crippen LogP contribution in [-0.4, -0.2) is 46.2 Å². The number of aromatic nitrogens is 3. The molecule has 3 aromatic rings. The van der Waals surface area contributed by atoms with Crippen molar-refractivity contribution in [3.05, 3.63) is 81.4 Å². The van der Waals surface area contributed by atoms with Crippen molar-refractivity contribution in [2.45, 2.75) is 109 Å². The number of hydrogen-bond acceptors (Lipinski definition) is 6. The van der Waals surface area contributed by atoms with Crippen molar-refractivity contribution in [2.75, 3.05) is 25.1 Å². The minimum atomic E-state index is -2.71. The molecule has 2 atom stereocenters. The zero-order chi connectivity index (χ0) is 31.9. The number of aryl methyl sites for hydroxylation is 1. The fraction of sp³-hybridized carbons (Fsp3) is 0.583. The number of pyridine rings is 1. The molecule has 2 aromatic heterocycles. The predicted octanol–water partition coefficient (Wildman–Crippen LogP) is 8.07. The Kier molecular flexibility index (Phi) is 8.96. The van der Waals surface area contributed by atoms with Crippen LogP contribution in [0.3, 0.4) is 0 Å². The molecule has 2 fully saturated rings. The lowest BCUT2D eigenvalue weighted by molar-refractivity contribution is -0.0385. The number of methoxy groups -OCH3 is 1. The number of fused-ring (bicyclic) bond motifs is 1. The predicted molar refractivity (Wildman–Crippen MR) is 169 cm³/mol. The number of halogens is 3. The molecule has 6 nitrogen and oxygen atoms in total. The first-order valence-corrected chi connectivity index (χ1v) is 16.3. The van der Waals surface area contributed by atoms with Crippen LogP contribution in [0.5, 0.6) is 0 Å². The topological polar surface area (TPSA) is 71.4 Å². The first kappa shape index (κ1) is 31.9. The van der Waals surface area contributed by atoms with Gasteiger partial charge in [0.1, 0.15) is 0 Å². The first-order valence-electron chi connectivity index (χ1n) is 16.3. The van der Waals surface area contributed by atoms with E-state index in [0.29, 0.717) is 55.2 Å². The Bertz CT molecular complexity index is 1480. The molecule has 2 aliphatic carbocycles. The molecule has 1 N–H and O–H groups in total. The highest BCUT2D eigenvalue weighted by Gasteiger charge is 2.43. The molecule has 3 heterocycles. The maximum Gasteiger partial charge on any atom is 0.248 e. The highest BCUT2D eigenvalue weighted by Crippen LogP contribution is 2.52. The lowest BCUT2D eigenvalue weighted by atomic mass is 9.68. The van der Waals surface area contributed by atoms with Gasteiger partial charge in [-0.05, 0) is 67.9 Å². The second-order valence-corrected chi connectivity index (χ2v) is 14.2. The Labute approximate surface area is 264 Å². The minimum Gasteiger partial charge on any atom is -0.388 e. The molecule has 45 heavy (non-hydrogen) atoms. The number of alkyl halides is 3. The van der Waals surface area contributed by atoms with Gasteiger partial charge in [0.2, 0.25) is 11.9 Å². The molecule has 9 heteroatoms. The maximum absolute atomic E-state index is 17.2. The molecule has 6 rings (SSSR count). The maximum atomic E-state index is 17.2. The number of ether oxygens (including phenoxy) is 1. The summed E-state index contributed by atoms with van der Waals surface area (Å²) in [5, 5.41) is 11.6. The molecule has 0 radical (unpaired) electrons. The molecule has 1 saturated carbocycles. The fourth-order valence-corrected chi connectivity index (χ4v) is 7.72. The van der Waals surface area contributed by atoms with E-state index in [0.717, 1.165) is 40.9 Å². The van der Waals surface area contributed by atoms with E-state index in [4.69, 9.17) is 9.72 Å². The Balaban J connectivity index is 1.43. The first-order chi connectivity index (χ1) is 21.4. The summed E-state index contributed by atoms with van der Waals surface area (Å²) in [4.78, 5) is 16.5. The number of aliphatic hydroxyl groups is 1. The molecule has 1 saturated heterocycles. The molecule has 2 unspecified atom stereocenters. The highest BCUT2D eigenvalue weighted by atomic mass is 19.3. The molecule has 242 valence electrons. The van der Waals surface area contributed by atoms with Gasteiger partial charge in [-0.1, -0.05) is 43.7 Å². The van der Waals surface area contributed by atoms with Gasteiger partial charge in [-0.25, -0.2) is 23.1 Å². The van der Waals surface area contributed by atoms with E-state index < -0.39 is 18.2 Å². The minimum absolute atomic E-state index is 0.0241. The van der Waals surface area contributed by atoms with Gasteiger partial charge in [0.25, 0.3) is 0 Å². The van der Waals surface area contributed by atoms with Crippen LogP contribution in [0.25, 0.3) is 0 Å². The molecular weight excluding hydrogens is 577 g/mol. The van der Waals surface area contributed by atoms with Crippen LogP contribution in [0.1, 0.15) is 128 Å². The standard InChI is InChI=1S/C36H45F3N4O2/c1-22-5-7-25(8-6-22)32(37)31-29(24-9-13-36(38,39)14-10-24)30-27(17-35(2,3)18-28(30)44)42-33(31)26-11-15-43(16-12-26)34-40-19-23(20-41-34)21-45-4/h5-8,19-20,24,26,28,32,44H,9-18,21H2,1-4H3. The lowest BCUT2D eigenvalue weighted by Crippen LogP contribution is -2.36. The van der Waals surface area contributed by atoms with Gasteiger partial charge < -0.3 is 14.7 Å². The summed E-state index contributed by atoms with van der Waals surface area (Å²) < 4.78 is 51.2. The van der Waals surface area contributed by atoms with Crippen molar-refractivity contribution in [3.8, 4) is 0 Å². The molecule has 1 aromatic carbocycles. The largest absolute Gasteiger partial charge is 0.388 e. The quantitative estimate of drug-likeness (QED) is 0.287. The third-order valence-corrected chi connectivity index (χ3v) is 10.1. The molecular formula is C36H45F3N4O2. The van der Waals surface area contributed by atoms with Crippen LogP contribution in [-0.2, 0) is 17.8 Å². The summed E-state index contributed by atoms with van der Waals surface area (Å²) in [6.45, 7) is 8.04. The summed E-state index contributed by atoms with van der Waals surface area (Å²) in [5.41, 5.74) is 5.77. The van der Waals surface area contributed by atoms with Gasteiger partial charge in [0.05, 0.1) is 18.4 Å². The Morgan fingerprint density at radius 3 is 2.24 bits per heavy atom. The van der Waals surface area contributed by atoms with Crippen LogP contribution in [0, 0.1) is 12.3 Å². The summed E-state index contributed by atoms with van der Waals surface area (Å²) in [5.74, 6) is -2.34. The number of benzene rings is 1. The van der Waals surface area contributed by atoms with Gasteiger partial charge in [-0.15, -0.1) is 0 Å². The third kappa shape index (κ3) is 6.75. The number of anilines is 1. The van der Waals surface area contributed by atoms with E-state index in [-0.39, 0.29) is 42.9 Å². The van der Waals surface area contributed by atoms with E-state index in [1.165, 1.54) is 0 Å². The zero-order valence-corrected chi connectivity index (χ0v) is 26.8. The highest BCUT2D eigenvalue weighted by molar-refractivity contribution is 5.51. The number of rotatable bonds is 7. The van der Waals surface area contributed by atoms with Gasteiger partial charge in [-0.2, -0.15) is 0 Å². The van der Waals surface area contributed by atoms with E-state index in [1.54, 1.807) is 19.5 Å². The molecule has 0 amide bonds. The van der Waals surface area contributed by atoms with Crippen molar-refractivity contribution in [1.29, 1.82) is 0 Å². The molecule has 1 aliphatic heterocycles. The monoisotopic (exact) mass is 622 g/mol. The van der Waals surface area contributed by atoms with E-state index >= 15 is 4.39 Å². The molecule has 0 bridgehead atoms. The summed E-state index contributed by atoms with van der Waals surface area (Å²) in [6.07, 6.45) is 3.99. The van der Waals surface area contributed by atoms with Crippen molar-refractivity contribution in [2.24, 2.45) is 5.41 Å². The van der Waals surface area contributed by atoms with Crippen LogP contribution in [0.4, 0.5) is 19.1 Å². The number of nitrogens with zero attached hydrogens (tertiary/aromatic N) is 4. The lowest BCUT2D eigenvalue weighted by Gasteiger charge is -2.41. The Hall–Kier alpha value is -3.04. The van der Waals surface area contributed by atoms with E-state index in [1.807, 2.05) is 31.2 Å². The van der Waals surface area contributed by atoms with E-state index in [2.05, 4.69) is 28.7 Å². The van der Waals surface area contributed by atoms with Crippen LogP contribution < -0.4 is 4.90 Å². The Morgan fingerprint density at radius 2 is 1.62 bits per heavy atom. The second-order valence-electron chi connectivity index (χ2n) is 14.2. The fourth-order valence-electron chi connectivity index (χ4n) is 7.72. The molecule has 3 aliphatic rings. The van der Waals surface area contributed by atoms with Crippen LogP contribution in [0.15, 0.2) is 36.7 Å². The number of hydrogen-bond donors (Lipinski definition) is 1. The normalized spacial score (nSPS) is 22.7. The third-order valence-electron chi connectivity index (χ3n) is 10.1. The second kappa shape index (κ2) is 12.6. The van der Waals surface area contributed by atoms with Crippen molar-refractivity contribution >= 4 is 5.95 Å². The van der Waals surface area contributed by atoms with Gasteiger partial charge >= 0.3 is 0 Å². The zero-order valence-electron chi connectivity index (χ0n) is 26.8. The van der Waals surface area contributed by atoms with Crippen molar-refractivity contribution < 1.29 is 23.0 Å². The average molecular weight is 623 g/mol. The van der Waals surface area contributed by atoms with Crippen LogP contribution >= 0.6 is 0 Å². The summed E-state index contributed by atoms with van der Waals surface area (Å²) in [7, 11) is 1.64. The van der Waals surface area contributed by atoms with Crippen molar-refractivity contribution in [3.63, 3.8) is 0 Å². The number of aliphatic hydroxyl groups excluding tert-OH is 1.